The molecular weight excluding hydrogens is 162 g/mol. The first-order valence-corrected chi connectivity index (χ1v) is 4.54. The van der Waals surface area contributed by atoms with E-state index in [4.69, 9.17) is 10.5 Å². The van der Waals surface area contributed by atoms with Gasteiger partial charge in [0, 0.05) is 13.2 Å². The molecule has 0 spiro atoms. The van der Waals surface area contributed by atoms with Gasteiger partial charge < -0.3 is 10.5 Å². The van der Waals surface area contributed by atoms with Gasteiger partial charge in [-0.1, -0.05) is 24.3 Å². The molecular formula is C11H17NO. The second-order valence-corrected chi connectivity index (χ2v) is 3.43. The third-order valence-electron chi connectivity index (χ3n) is 1.89. The largest absolute Gasteiger partial charge is 0.380 e. The average molecular weight is 179 g/mol. The van der Waals surface area contributed by atoms with Crippen LogP contribution in [-0.4, -0.2) is 13.2 Å². The smallest absolute Gasteiger partial charge is 0.0713 e. The Bertz CT molecular complexity index is 241. The van der Waals surface area contributed by atoms with E-state index in [1.54, 1.807) is 7.11 Å². The molecule has 0 heterocycles. The summed E-state index contributed by atoms with van der Waals surface area (Å²) in [7, 11) is 1.70. The molecule has 0 aliphatic heterocycles. The van der Waals surface area contributed by atoms with Gasteiger partial charge in [-0.3, -0.25) is 0 Å². The van der Waals surface area contributed by atoms with Crippen LogP contribution in [0.15, 0.2) is 24.3 Å². The second kappa shape index (κ2) is 5.00. The highest BCUT2D eigenvalue weighted by atomic mass is 16.5. The van der Waals surface area contributed by atoms with Crippen LogP contribution in [0, 0.1) is 0 Å². The van der Waals surface area contributed by atoms with Crippen molar-refractivity contribution in [2.45, 2.75) is 26.0 Å². The molecule has 2 N–H and O–H groups in total. The Kier molecular flexibility index (Phi) is 3.93. The van der Waals surface area contributed by atoms with Crippen molar-refractivity contribution in [2.24, 2.45) is 5.73 Å². The molecule has 1 atom stereocenters. The van der Waals surface area contributed by atoms with E-state index in [1.165, 1.54) is 11.1 Å². The Balaban J connectivity index is 2.59. The summed E-state index contributed by atoms with van der Waals surface area (Å²) < 4.78 is 5.02. The van der Waals surface area contributed by atoms with E-state index < -0.39 is 0 Å². The molecule has 13 heavy (non-hydrogen) atoms. The molecule has 0 aliphatic carbocycles. The molecule has 1 aromatic carbocycles. The lowest BCUT2D eigenvalue weighted by Gasteiger charge is -2.05. The standard InChI is InChI=1S/C11H17NO/c1-9(12)7-10-3-5-11(6-4-10)8-13-2/h3-6,9H,7-8,12H2,1-2H3/t9-/m1/s1. The SMILES string of the molecule is COCc1ccc(C[C@@H](C)N)cc1. The lowest BCUT2D eigenvalue weighted by molar-refractivity contribution is 0.185. The van der Waals surface area contributed by atoms with Gasteiger partial charge in [-0.15, -0.1) is 0 Å². The minimum Gasteiger partial charge on any atom is -0.380 e. The molecule has 0 fully saturated rings. The zero-order chi connectivity index (χ0) is 9.68. The fourth-order valence-corrected chi connectivity index (χ4v) is 1.31. The van der Waals surface area contributed by atoms with E-state index in [-0.39, 0.29) is 6.04 Å². The van der Waals surface area contributed by atoms with Gasteiger partial charge in [-0.05, 0) is 24.5 Å². The predicted molar refractivity (Wildman–Crippen MR) is 54.5 cm³/mol. The van der Waals surface area contributed by atoms with Crippen molar-refractivity contribution in [3.63, 3.8) is 0 Å². The van der Waals surface area contributed by atoms with Gasteiger partial charge in [-0.2, -0.15) is 0 Å². The zero-order valence-corrected chi connectivity index (χ0v) is 8.29. The second-order valence-electron chi connectivity index (χ2n) is 3.43. The van der Waals surface area contributed by atoms with Crippen LogP contribution in [0.2, 0.25) is 0 Å². The monoisotopic (exact) mass is 179 g/mol. The number of ether oxygens (including phenoxy) is 1. The van der Waals surface area contributed by atoms with Crippen molar-refractivity contribution in [1.82, 2.24) is 0 Å². The van der Waals surface area contributed by atoms with E-state index in [9.17, 15) is 0 Å². The van der Waals surface area contributed by atoms with E-state index in [0.29, 0.717) is 6.61 Å². The normalized spacial score (nSPS) is 12.8. The van der Waals surface area contributed by atoms with Crippen molar-refractivity contribution in [3.8, 4) is 0 Å². The summed E-state index contributed by atoms with van der Waals surface area (Å²) in [5.41, 5.74) is 8.19. The Morgan fingerprint density at radius 1 is 1.23 bits per heavy atom. The molecule has 1 aromatic rings. The molecule has 0 amide bonds. The third kappa shape index (κ3) is 3.57. The van der Waals surface area contributed by atoms with Crippen LogP contribution in [0.25, 0.3) is 0 Å². The number of rotatable bonds is 4. The summed E-state index contributed by atoms with van der Waals surface area (Å²) in [6, 6.07) is 8.62. The Morgan fingerprint density at radius 2 is 1.77 bits per heavy atom. The van der Waals surface area contributed by atoms with Gasteiger partial charge in [0.1, 0.15) is 0 Å². The van der Waals surface area contributed by atoms with Crippen LogP contribution in [0.1, 0.15) is 18.1 Å². The van der Waals surface area contributed by atoms with Crippen molar-refractivity contribution < 1.29 is 4.74 Å². The molecule has 0 unspecified atom stereocenters. The van der Waals surface area contributed by atoms with Gasteiger partial charge in [0.05, 0.1) is 6.61 Å². The van der Waals surface area contributed by atoms with Crippen molar-refractivity contribution in [2.75, 3.05) is 7.11 Å². The number of benzene rings is 1. The van der Waals surface area contributed by atoms with Crippen molar-refractivity contribution in [3.05, 3.63) is 35.4 Å². The Morgan fingerprint density at radius 3 is 2.23 bits per heavy atom. The summed E-state index contributed by atoms with van der Waals surface area (Å²) in [5.74, 6) is 0. The fraction of sp³-hybridized carbons (Fsp3) is 0.455. The quantitative estimate of drug-likeness (QED) is 0.764. The molecule has 2 nitrogen and oxygen atoms in total. The maximum atomic E-state index is 5.70. The third-order valence-corrected chi connectivity index (χ3v) is 1.89. The molecule has 72 valence electrons. The Hall–Kier alpha value is -0.860. The fourth-order valence-electron chi connectivity index (χ4n) is 1.31. The Labute approximate surface area is 79.7 Å². The summed E-state index contributed by atoms with van der Waals surface area (Å²) in [5, 5.41) is 0. The van der Waals surface area contributed by atoms with Crippen molar-refractivity contribution >= 4 is 0 Å². The highest BCUT2D eigenvalue weighted by molar-refractivity contribution is 5.22. The van der Waals surface area contributed by atoms with Gasteiger partial charge in [0.2, 0.25) is 0 Å². The van der Waals surface area contributed by atoms with Gasteiger partial charge in [0.25, 0.3) is 0 Å². The van der Waals surface area contributed by atoms with Crippen molar-refractivity contribution in [1.29, 1.82) is 0 Å². The lowest BCUT2D eigenvalue weighted by Crippen LogP contribution is -2.17. The van der Waals surface area contributed by atoms with Crippen LogP contribution < -0.4 is 5.73 Å². The summed E-state index contributed by atoms with van der Waals surface area (Å²) >= 11 is 0. The van der Waals surface area contributed by atoms with Gasteiger partial charge >= 0.3 is 0 Å². The minimum absolute atomic E-state index is 0.230. The van der Waals surface area contributed by atoms with E-state index >= 15 is 0 Å². The van der Waals surface area contributed by atoms with Crippen LogP contribution in [-0.2, 0) is 17.8 Å². The van der Waals surface area contributed by atoms with Crippen LogP contribution in [0.3, 0.4) is 0 Å². The maximum absolute atomic E-state index is 5.70. The first-order valence-electron chi connectivity index (χ1n) is 4.54. The number of hydrogen-bond acceptors (Lipinski definition) is 2. The summed E-state index contributed by atoms with van der Waals surface area (Å²) in [6.07, 6.45) is 0.938. The molecule has 0 aromatic heterocycles. The molecule has 0 radical (unpaired) electrons. The zero-order valence-electron chi connectivity index (χ0n) is 8.29. The molecule has 0 saturated heterocycles. The summed E-state index contributed by atoms with van der Waals surface area (Å²) in [4.78, 5) is 0. The molecule has 0 bridgehead atoms. The van der Waals surface area contributed by atoms with E-state index in [2.05, 4.69) is 24.3 Å². The van der Waals surface area contributed by atoms with Crippen LogP contribution in [0.4, 0.5) is 0 Å². The average Bonchev–Trinajstić information content (AvgIpc) is 2.08. The first-order chi connectivity index (χ1) is 6.22. The summed E-state index contributed by atoms with van der Waals surface area (Å²) in [6.45, 7) is 2.70. The lowest BCUT2D eigenvalue weighted by atomic mass is 10.1. The molecule has 0 aliphatic rings. The topological polar surface area (TPSA) is 35.2 Å². The number of hydrogen-bond donors (Lipinski definition) is 1. The number of nitrogens with two attached hydrogens (primary N) is 1. The molecule has 2 heteroatoms. The predicted octanol–water partition coefficient (Wildman–Crippen LogP) is 1.72. The highest BCUT2D eigenvalue weighted by Crippen LogP contribution is 2.06. The van der Waals surface area contributed by atoms with Crippen LogP contribution >= 0.6 is 0 Å². The highest BCUT2D eigenvalue weighted by Gasteiger charge is 1.97. The van der Waals surface area contributed by atoms with E-state index in [1.807, 2.05) is 6.92 Å². The number of methoxy groups -OCH3 is 1. The van der Waals surface area contributed by atoms with E-state index in [0.717, 1.165) is 6.42 Å². The van der Waals surface area contributed by atoms with Gasteiger partial charge in [-0.25, -0.2) is 0 Å². The maximum Gasteiger partial charge on any atom is 0.0713 e. The molecule has 1 rings (SSSR count). The van der Waals surface area contributed by atoms with Crippen LogP contribution in [0.5, 0.6) is 0 Å². The molecule has 0 saturated carbocycles. The first kappa shape index (κ1) is 10.2. The minimum atomic E-state index is 0.230. The van der Waals surface area contributed by atoms with Gasteiger partial charge in [0.15, 0.2) is 0 Å².